The van der Waals surface area contributed by atoms with E-state index in [1.165, 1.54) is 4.70 Å². The number of fused-ring (bicyclic) bond motifs is 3. The smallest absolute Gasteiger partial charge is 0.266 e. The lowest BCUT2D eigenvalue weighted by Crippen LogP contribution is -2.37. The molecule has 0 amide bonds. The van der Waals surface area contributed by atoms with Crippen LogP contribution in [0.2, 0.25) is 0 Å². The number of hydrogen-bond acceptors (Lipinski definition) is 7. The Morgan fingerprint density at radius 1 is 1.22 bits per heavy atom. The molecule has 0 radical (unpaired) electrons. The zero-order chi connectivity index (χ0) is 18.4. The van der Waals surface area contributed by atoms with Crippen LogP contribution in [-0.2, 0) is 6.42 Å². The van der Waals surface area contributed by atoms with E-state index in [9.17, 15) is 5.11 Å². The molecule has 1 aliphatic rings. The second-order valence-electron chi connectivity index (χ2n) is 7.06. The van der Waals surface area contributed by atoms with Crippen LogP contribution in [0.25, 0.3) is 26.8 Å². The van der Waals surface area contributed by atoms with Crippen LogP contribution in [0.1, 0.15) is 24.4 Å². The lowest BCUT2D eigenvalue weighted by molar-refractivity contribution is 0.0824. The van der Waals surface area contributed by atoms with Gasteiger partial charge >= 0.3 is 0 Å². The number of benzene rings is 1. The van der Waals surface area contributed by atoms with Crippen molar-refractivity contribution >= 4 is 26.5 Å². The van der Waals surface area contributed by atoms with Gasteiger partial charge in [-0.25, -0.2) is 4.98 Å². The van der Waals surface area contributed by atoms with Crippen LogP contribution in [0.5, 0.6) is 0 Å². The normalized spacial score (nSPS) is 16.7. The topological polar surface area (TPSA) is 79.7 Å². The Balaban J connectivity index is 1.42. The summed E-state index contributed by atoms with van der Waals surface area (Å²) in [5, 5.41) is 18.2. The van der Waals surface area contributed by atoms with Crippen LogP contribution in [0, 0.1) is 6.92 Å². The second-order valence-corrected chi connectivity index (χ2v) is 8.07. The summed E-state index contributed by atoms with van der Waals surface area (Å²) in [6.45, 7) is 4.69. The van der Waals surface area contributed by atoms with Crippen molar-refractivity contribution in [3.05, 3.63) is 35.9 Å². The van der Waals surface area contributed by atoms with Gasteiger partial charge in [0.25, 0.3) is 5.89 Å². The highest BCUT2D eigenvalue weighted by atomic mass is 32.1. The maximum Gasteiger partial charge on any atom is 0.266 e. The van der Waals surface area contributed by atoms with Crippen LogP contribution < -0.4 is 0 Å². The highest BCUT2D eigenvalue weighted by molar-refractivity contribution is 7.23. The minimum atomic E-state index is -0.149. The van der Waals surface area contributed by atoms with Crippen molar-refractivity contribution in [1.29, 1.82) is 0 Å². The first kappa shape index (κ1) is 16.9. The zero-order valence-corrected chi connectivity index (χ0v) is 15.9. The third kappa shape index (κ3) is 3.03. The summed E-state index contributed by atoms with van der Waals surface area (Å²) in [6, 6.07) is 8.26. The molecular weight excluding hydrogens is 362 g/mol. The van der Waals surface area contributed by atoms with Crippen molar-refractivity contribution in [2.75, 3.05) is 19.6 Å². The van der Waals surface area contributed by atoms with Gasteiger partial charge in [0.05, 0.1) is 22.0 Å². The maximum absolute atomic E-state index is 9.62. The van der Waals surface area contributed by atoms with Gasteiger partial charge in [-0.05, 0) is 31.9 Å². The van der Waals surface area contributed by atoms with Crippen LogP contribution in [-0.4, -0.2) is 55.3 Å². The third-order valence-electron chi connectivity index (χ3n) is 5.20. The van der Waals surface area contributed by atoms with Gasteiger partial charge in [0.15, 0.2) is 4.96 Å². The van der Waals surface area contributed by atoms with E-state index in [0.717, 1.165) is 54.3 Å². The van der Waals surface area contributed by atoms with Gasteiger partial charge in [-0.1, -0.05) is 23.5 Å². The monoisotopic (exact) mass is 383 g/mol. The molecule has 140 valence electrons. The number of aliphatic hydroxyl groups is 1. The number of piperidine rings is 1. The van der Waals surface area contributed by atoms with Gasteiger partial charge in [-0.2, -0.15) is 0 Å². The van der Waals surface area contributed by atoms with E-state index in [4.69, 9.17) is 4.42 Å². The van der Waals surface area contributed by atoms with E-state index in [0.29, 0.717) is 18.2 Å². The van der Waals surface area contributed by atoms with Crippen molar-refractivity contribution in [2.45, 2.75) is 32.3 Å². The van der Waals surface area contributed by atoms with E-state index < -0.39 is 0 Å². The largest absolute Gasteiger partial charge is 0.419 e. The third-order valence-corrected chi connectivity index (χ3v) is 6.22. The molecule has 0 saturated carbocycles. The molecule has 1 N–H and O–H groups in total. The Labute approximate surface area is 160 Å². The Kier molecular flexibility index (Phi) is 4.18. The summed E-state index contributed by atoms with van der Waals surface area (Å²) < 4.78 is 9.29. The van der Waals surface area contributed by atoms with Gasteiger partial charge in [-0.3, -0.25) is 4.40 Å². The SMILES string of the molecule is Cc1nc2sc3ccccc3n2c1-c1nnc(CCN2CCC(O)CC2)o1. The Bertz CT molecular complexity index is 1090. The van der Waals surface area contributed by atoms with Crippen molar-refractivity contribution in [2.24, 2.45) is 0 Å². The predicted octanol–water partition coefficient (Wildman–Crippen LogP) is 2.91. The van der Waals surface area contributed by atoms with Crippen molar-refractivity contribution in [1.82, 2.24) is 24.5 Å². The first-order valence-corrected chi connectivity index (χ1v) is 10.1. The number of hydrogen-bond donors (Lipinski definition) is 1. The molecule has 4 aromatic rings. The molecule has 0 aliphatic carbocycles. The van der Waals surface area contributed by atoms with E-state index in [1.54, 1.807) is 11.3 Å². The molecule has 0 atom stereocenters. The summed E-state index contributed by atoms with van der Waals surface area (Å²) in [6.07, 6.45) is 2.25. The van der Waals surface area contributed by atoms with E-state index in [2.05, 4.69) is 36.6 Å². The van der Waals surface area contributed by atoms with Crippen LogP contribution in [0.15, 0.2) is 28.7 Å². The van der Waals surface area contributed by atoms with Gasteiger partial charge in [0, 0.05) is 26.1 Å². The molecule has 5 rings (SSSR count). The van der Waals surface area contributed by atoms with Crippen molar-refractivity contribution in [3.8, 4) is 11.6 Å². The molecule has 8 heteroatoms. The number of nitrogens with zero attached hydrogens (tertiary/aromatic N) is 5. The molecule has 0 unspecified atom stereocenters. The van der Waals surface area contributed by atoms with Gasteiger partial charge in [0.2, 0.25) is 5.89 Å². The minimum Gasteiger partial charge on any atom is -0.419 e. The fraction of sp³-hybridized carbons (Fsp3) is 0.421. The molecule has 0 spiro atoms. The highest BCUT2D eigenvalue weighted by Crippen LogP contribution is 2.33. The molecule has 1 aromatic carbocycles. The van der Waals surface area contributed by atoms with Gasteiger partial charge in [-0.15, -0.1) is 10.2 Å². The summed E-state index contributed by atoms with van der Waals surface area (Å²) in [5.74, 6) is 1.16. The number of likely N-dealkylation sites (tertiary alicyclic amines) is 1. The predicted molar refractivity (Wildman–Crippen MR) is 104 cm³/mol. The molecular formula is C19H21N5O2S. The Morgan fingerprint density at radius 3 is 2.89 bits per heavy atom. The molecule has 3 aromatic heterocycles. The number of aryl methyl sites for hydroxylation is 1. The van der Waals surface area contributed by atoms with Crippen molar-refractivity contribution in [3.63, 3.8) is 0 Å². The fourth-order valence-electron chi connectivity index (χ4n) is 3.72. The number of para-hydroxylation sites is 1. The Hall–Kier alpha value is -2.29. The minimum absolute atomic E-state index is 0.149. The summed E-state index contributed by atoms with van der Waals surface area (Å²) in [7, 11) is 0. The van der Waals surface area contributed by atoms with Crippen LogP contribution in [0.3, 0.4) is 0 Å². The standard InChI is InChI=1S/C19H21N5O2S/c1-12-17(24-14-4-2-3-5-15(14)27-19(24)20-12)18-22-21-16(26-18)8-11-23-9-6-13(25)7-10-23/h2-5,13,25H,6-11H2,1H3. The molecule has 1 fully saturated rings. The average Bonchev–Trinajstić information content (AvgIpc) is 3.34. The fourth-order valence-corrected chi connectivity index (χ4v) is 4.79. The highest BCUT2D eigenvalue weighted by Gasteiger charge is 2.21. The second kappa shape index (κ2) is 6.70. The number of rotatable bonds is 4. The number of aliphatic hydroxyl groups excluding tert-OH is 1. The van der Waals surface area contributed by atoms with E-state index in [1.807, 2.05) is 19.1 Å². The molecule has 4 heterocycles. The quantitative estimate of drug-likeness (QED) is 0.584. The summed E-state index contributed by atoms with van der Waals surface area (Å²) in [4.78, 5) is 7.96. The zero-order valence-electron chi connectivity index (χ0n) is 15.1. The van der Waals surface area contributed by atoms with Gasteiger partial charge < -0.3 is 14.4 Å². The van der Waals surface area contributed by atoms with Crippen molar-refractivity contribution < 1.29 is 9.52 Å². The summed E-state index contributed by atoms with van der Waals surface area (Å²) >= 11 is 1.66. The average molecular weight is 383 g/mol. The maximum atomic E-state index is 9.62. The van der Waals surface area contributed by atoms with Crippen LogP contribution >= 0.6 is 11.3 Å². The molecule has 1 aliphatic heterocycles. The molecule has 27 heavy (non-hydrogen) atoms. The summed E-state index contributed by atoms with van der Waals surface area (Å²) in [5.41, 5.74) is 2.88. The molecule has 0 bridgehead atoms. The van der Waals surface area contributed by atoms with Crippen LogP contribution in [0.4, 0.5) is 0 Å². The number of imidazole rings is 1. The first-order chi connectivity index (χ1) is 13.2. The van der Waals surface area contributed by atoms with Gasteiger partial charge in [0.1, 0.15) is 5.69 Å². The Morgan fingerprint density at radius 2 is 2.04 bits per heavy atom. The molecule has 1 saturated heterocycles. The lowest BCUT2D eigenvalue weighted by atomic mass is 10.1. The van der Waals surface area contributed by atoms with E-state index in [-0.39, 0.29) is 6.10 Å². The first-order valence-electron chi connectivity index (χ1n) is 9.29. The number of aromatic nitrogens is 4. The lowest BCUT2D eigenvalue weighted by Gasteiger charge is -2.28. The molecule has 7 nitrogen and oxygen atoms in total. The van der Waals surface area contributed by atoms with E-state index >= 15 is 0 Å². The number of thiazole rings is 1.